The van der Waals surface area contributed by atoms with Crippen molar-refractivity contribution in [2.75, 3.05) is 32.5 Å². The van der Waals surface area contributed by atoms with E-state index in [2.05, 4.69) is 20.5 Å². The van der Waals surface area contributed by atoms with Crippen LogP contribution >= 0.6 is 0 Å². The molecule has 1 aromatic heterocycles. The largest absolute Gasteiger partial charge is 0.345 e. The van der Waals surface area contributed by atoms with Gasteiger partial charge < -0.3 is 15.1 Å². The average Bonchev–Trinajstić information content (AvgIpc) is 3.08. The SMILES string of the molecule is Cc1nc(C2CCCN(C(=O)Nc3cccc(C(=O)N(C)C)c3)C2)n[nH]1. The second-order valence-electron chi connectivity index (χ2n) is 6.77. The summed E-state index contributed by atoms with van der Waals surface area (Å²) in [6.07, 6.45) is 1.87. The number of hydrogen-bond donors (Lipinski definition) is 2. The van der Waals surface area contributed by atoms with Crippen molar-refractivity contribution in [3.63, 3.8) is 0 Å². The third kappa shape index (κ3) is 4.01. The summed E-state index contributed by atoms with van der Waals surface area (Å²) in [6, 6.07) is 6.81. The van der Waals surface area contributed by atoms with E-state index in [9.17, 15) is 9.59 Å². The minimum absolute atomic E-state index is 0.0980. The molecule has 0 spiro atoms. The number of rotatable bonds is 3. The smallest absolute Gasteiger partial charge is 0.321 e. The Morgan fingerprint density at radius 2 is 2.15 bits per heavy atom. The van der Waals surface area contributed by atoms with Gasteiger partial charge in [-0.3, -0.25) is 9.89 Å². The number of aryl methyl sites for hydroxylation is 1. The van der Waals surface area contributed by atoms with Crippen LogP contribution in [0.3, 0.4) is 0 Å². The molecule has 26 heavy (non-hydrogen) atoms. The lowest BCUT2D eigenvalue weighted by Gasteiger charge is -2.31. The lowest BCUT2D eigenvalue weighted by molar-refractivity contribution is 0.0827. The van der Waals surface area contributed by atoms with Gasteiger partial charge in [-0.25, -0.2) is 9.78 Å². The molecule has 1 aliphatic heterocycles. The Hall–Kier alpha value is -2.90. The van der Waals surface area contributed by atoms with Gasteiger partial charge in [0, 0.05) is 44.4 Å². The molecule has 0 radical (unpaired) electrons. The zero-order valence-corrected chi connectivity index (χ0v) is 15.3. The summed E-state index contributed by atoms with van der Waals surface area (Å²) < 4.78 is 0. The summed E-state index contributed by atoms with van der Waals surface area (Å²) in [5.74, 6) is 1.59. The second-order valence-corrected chi connectivity index (χ2v) is 6.77. The van der Waals surface area contributed by atoms with E-state index in [1.54, 1.807) is 43.3 Å². The number of benzene rings is 1. The summed E-state index contributed by atoms with van der Waals surface area (Å²) >= 11 is 0. The third-order valence-electron chi connectivity index (χ3n) is 4.46. The van der Waals surface area contributed by atoms with E-state index in [0.717, 1.165) is 24.5 Å². The standard InChI is InChI=1S/C18H24N6O2/c1-12-19-16(22-21-12)14-7-5-9-24(11-14)18(26)20-15-8-4-6-13(10-15)17(25)23(2)3/h4,6,8,10,14H,5,7,9,11H2,1-3H3,(H,20,26)(H,19,21,22). The summed E-state index contributed by atoms with van der Waals surface area (Å²) in [5.41, 5.74) is 1.15. The predicted octanol–water partition coefficient (Wildman–Crippen LogP) is 2.23. The molecule has 0 aliphatic carbocycles. The number of H-pyrrole nitrogens is 1. The first kappa shape index (κ1) is 17.9. The number of nitrogens with one attached hydrogen (secondary N) is 2. The molecule has 1 fully saturated rings. The van der Waals surface area contributed by atoms with Crippen LogP contribution in [0.5, 0.6) is 0 Å². The fraction of sp³-hybridized carbons (Fsp3) is 0.444. The molecule has 2 heterocycles. The lowest BCUT2D eigenvalue weighted by atomic mass is 9.97. The number of nitrogens with zero attached hydrogens (tertiary/aromatic N) is 4. The van der Waals surface area contributed by atoms with Crippen molar-refractivity contribution >= 4 is 17.6 Å². The Kier molecular flexibility index (Phi) is 5.20. The average molecular weight is 356 g/mol. The first-order valence-electron chi connectivity index (χ1n) is 8.70. The van der Waals surface area contributed by atoms with Gasteiger partial charge in [0.05, 0.1) is 0 Å². The van der Waals surface area contributed by atoms with Gasteiger partial charge in [-0.15, -0.1) is 0 Å². The van der Waals surface area contributed by atoms with Crippen molar-refractivity contribution < 1.29 is 9.59 Å². The zero-order chi connectivity index (χ0) is 18.7. The molecule has 1 saturated heterocycles. The van der Waals surface area contributed by atoms with Gasteiger partial charge in [-0.05, 0) is 38.0 Å². The molecule has 0 bridgehead atoms. The summed E-state index contributed by atoms with van der Waals surface area (Å²) in [4.78, 5) is 32.4. The van der Waals surface area contributed by atoms with Gasteiger partial charge in [-0.1, -0.05) is 6.07 Å². The van der Waals surface area contributed by atoms with Crippen molar-refractivity contribution in [1.29, 1.82) is 0 Å². The number of carbonyl (C=O) groups excluding carboxylic acids is 2. The summed E-state index contributed by atoms with van der Waals surface area (Å²) in [7, 11) is 3.40. The van der Waals surface area contributed by atoms with E-state index in [4.69, 9.17) is 0 Å². The zero-order valence-electron chi connectivity index (χ0n) is 15.3. The summed E-state index contributed by atoms with van der Waals surface area (Å²) in [6.45, 7) is 3.15. The van der Waals surface area contributed by atoms with Crippen LogP contribution in [-0.2, 0) is 0 Å². The fourth-order valence-electron chi connectivity index (χ4n) is 3.11. The van der Waals surface area contributed by atoms with E-state index < -0.39 is 0 Å². The molecular formula is C18H24N6O2. The van der Waals surface area contributed by atoms with Crippen LogP contribution in [0, 0.1) is 6.92 Å². The lowest BCUT2D eigenvalue weighted by Crippen LogP contribution is -2.41. The van der Waals surface area contributed by atoms with E-state index in [1.165, 1.54) is 4.90 Å². The first-order chi connectivity index (χ1) is 12.4. The van der Waals surface area contributed by atoms with Gasteiger partial charge in [0.25, 0.3) is 5.91 Å². The highest BCUT2D eigenvalue weighted by molar-refractivity contribution is 5.96. The number of urea groups is 1. The van der Waals surface area contributed by atoms with Crippen LogP contribution in [-0.4, -0.2) is 64.1 Å². The first-order valence-corrected chi connectivity index (χ1v) is 8.70. The molecular weight excluding hydrogens is 332 g/mol. The maximum absolute atomic E-state index is 12.6. The quantitative estimate of drug-likeness (QED) is 0.882. The molecule has 1 aliphatic rings. The predicted molar refractivity (Wildman–Crippen MR) is 98.1 cm³/mol. The van der Waals surface area contributed by atoms with Crippen LogP contribution in [0.4, 0.5) is 10.5 Å². The number of likely N-dealkylation sites (tertiary alicyclic amines) is 1. The number of piperidine rings is 1. The van der Waals surface area contributed by atoms with Crippen molar-refractivity contribution in [3.8, 4) is 0 Å². The highest BCUT2D eigenvalue weighted by atomic mass is 16.2. The highest BCUT2D eigenvalue weighted by Gasteiger charge is 2.27. The molecule has 3 rings (SSSR count). The van der Waals surface area contributed by atoms with Crippen molar-refractivity contribution in [2.24, 2.45) is 0 Å². The summed E-state index contributed by atoms with van der Waals surface area (Å²) in [5, 5.41) is 9.98. The van der Waals surface area contributed by atoms with Crippen LogP contribution < -0.4 is 5.32 Å². The Labute approximate surface area is 152 Å². The van der Waals surface area contributed by atoms with Gasteiger partial charge in [0.2, 0.25) is 0 Å². The van der Waals surface area contributed by atoms with Gasteiger partial charge in [-0.2, -0.15) is 5.10 Å². The van der Waals surface area contributed by atoms with E-state index >= 15 is 0 Å². The van der Waals surface area contributed by atoms with E-state index in [-0.39, 0.29) is 17.9 Å². The minimum atomic E-state index is -0.170. The Morgan fingerprint density at radius 3 is 2.85 bits per heavy atom. The minimum Gasteiger partial charge on any atom is -0.345 e. The van der Waals surface area contributed by atoms with Gasteiger partial charge >= 0.3 is 6.03 Å². The second kappa shape index (κ2) is 7.55. The Balaban J connectivity index is 1.66. The highest BCUT2D eigenvalue weighted by Crippen LogP contribution is 2.25. The van der Waals surface area contributed by atoms with Crippen LogP contribution in [0.1, 0.15) is 40.8 Å². The molecule has 1 unspecified atom stereocenters. The Morgan fingerprint density at radius 1 is 1.35 bits per heavy atom. The van der Waals surface area contributed by atoms with Crippen molar-refractivity contribution in [2.45, 2.75) is 25.7 Å². The molecule has 8 nitrogen and oxygen atoms in total. The number of hydrogen-bond acceptors (Lipinski definition) is 4. The third-order valence-corrected chi connectivity index (χ3v) is 4.46. The number of amides is 3. The van der Waals surface area contributed by atoms with Gasteiger partial charge in [0.15, 0.2) is 5.82 Å². The Bertz CT molecular complexity index is 800. The number of aromatic nitrogens is 3. The van der Waals surface area contributed by atoms with E-state index in [1.807, 2.05) is 6.92 Å². The molecule has 1 atom stereocenters. The van der Waals surface area contributed by atoms with Gasteiger partial charge in [0.1, 0.15) is 5.82 Å². The number of carbonyl (C=O) groups is 2. The molecule has 3 amide bonds. The maximum atomic E-state index is 12.6. The van der Waals surface area contributed by atoms with Crippen molar-refractivity contribution in [3.05, 3.63) is 41.5 Å². The van der Waals surface area contributed by atoms with Crippen LogP contribution in [0.15, 0.2) is 24.3 Å². The van der Waals surface area contributed by atoms with Crippen LogP contribution in [0.2, 0.25) is 0 Å². The molecule has 2 aromatic rings. The molecule has 1 aromatic carbocycles. The fourth-order valence-corrected chi connectivity index (χ4v) is 3.11. The van der Waals surface area contributed by atoms with E-state index in [0.29, 0.717) is 24.3 Å². The molecule has 2 N–H and O–H groups in total. The molecule has 0 saturated carbocycles. The number of anilines is 1. The normalized spacial score (nSPS) is 17.0. The number of aromatic amines is 1. The topological polar surface area (TPSA) is 94.2 Å². The maximum Gasteiger partial charge on any atom is 0.321 e. The van der Waals surface area contributed by atoms with Crippen molar-refractivity contribution in [1.82, 2.24) is 25.0 Å². The monoisotopic (exact) mass is 356 g/mol. The van der Waals surface area contributed by atoms with Crippen LogP contribution in [0.25, 0.3) is 0 Å². The molecule has 8 heteroatoms. The molecule has 138 valence electrons.